The van der Waals surface area contributed by atoms with Gasteiger partial charge in [-0.2, -0.15) is 0 Å². The van der Waals surface area contributed by atoms with Gasteiger partial charge in [0, 0.05) is 29.7 Å². The van der Waals surface area contributed by atoms with E-state index in [0.717, 1.165) is 6.42 Å². The molecule has 2 N–H and O–H groups in total. The van der Waals surface area contributed by atoms with Crippen LogP contribution in [-0.2, 0) is 6.42 Å². The van der Waals surface area contributed by atoms with Crippen LogP contribution in [0.4, 0.5) is 4.39 Å². The zero-order valence-electron chi connectivity index (χ0n) is 12.2. The molecule has 1 aromatic carbocycles. The highest BCUT2D eigenvalue weighted by atomic mass is 19.1. The first-order chi connectivity index (χ1) is 8.85. The van der Waals surface area contributed by atoms with Crippen LogP contribution in [-0.4, -0.2) is 23.2 Å². The first-order valence-corrected chi connectivity index (χ1v) is 6.84. The lowest BCUT2D eigenvalue weighted by molar-refractivity contribution is 0.204. The van der Waals surface area contributed by atoms with E-state index in [-0.39, 0.29) is 6.04 Å². The Morgan fingerprint density at radius 3 is 2.79 bits per heavy atom. The number of fused-ring (bicyclic) bond motifs is 1. The Balaban J connectivity index is 2.05. The number of H-pyrrole nitrogens is 1. The molecule has 2 aromatic rings. The average Bonchev–Trinajstić information content (AvgIpc) is 2.68. The van der Waals surface area contributed by atoms with Crippen LogP contribution in [0.1, 0.15) is 31.9 Å². The minimum absolute atomic E-state index is 0.260. The molecule has 3 heteroatoms. The van der Waals surface area contributed by atoms with Gasteiger partial charge in [0.2, 0.25) is 0 Å². The molecule has 1 aromatic heterocycles. The Morgan fingerprint density at radius 1 is 1.37 bits per heavy atom. The van der Waals surface area contributed by atoms with Crippen LogP contribution in [0.25, 0.3) is 10.9 Å². The fourth-order valence-electron chi connectivity index (χ4n) is 2.29. The van der Waals surface area contributed by atoms with Gasteiger partial charge in [-0.3, -0.25) is 0 Å². The minimum Gasteiger partial charge on any atom is -0.361 e. The minimum atomic E-state index is -1.16. The number of hydrogen-bond acceptors (Lipinski definition) is 1. The van der Waals surface area contributed by atoms with Gasteiger partial charge in [0.05, 0.1) is 0 Å². The Hall–Kier alpha value is -1.35. The Labute approximate surface area is 114 Å². The van der Waals surface area contributed by atoms with E-state index in [0.29, 0.717) is 6.54 Å². The molecular formula is C16H23FN2. The lowest BCUT2D eigenvalue weighted by Crippen LogP contribution is -2.37. The van der Waals surface area contributed by atoms with Crippen molar-refractivity contribution in [3.8, 4) is 0 Å². The third-order valence-corrected chi connectivity index (χ3v) is 3.32. The molecule has 19 heavy (non-hydrogen) atoms. The monoisotopic (exact) mass is 262 g/mol. The van der Waals surface area contributed by atoms with Gasteiger partial charge in [-0.25, -0.2) is 4.39 Å². The van der Waals surface area contributed by atoms with Crippen molar-refractivity contribution in [2.24, 2.45) is 0 Å². The summed E-state index contributed by atoms with van der Waals surface area (Å²) < 4.78 is 13.5. The quantitative estimate of drug-likeness (QED) is 0.844. The van der Waals surface area contributed by atoms with Gasteiger partial charge in [-0.1, -0.05) is 12.1 Å². The molecule has 0 aliphatic rings. The Bertz CT molecular complexity index is 551. The second kappa shape index (κ2) is 5.33. The summed E-state index contributed by atoms with van der Waals surface area (Å²) in [6.07, 6.45) is 2.96. The summed E-state index contributed by atoms with van der Waals surface area (Å²) in [7, 11) is 0. The maximum absolute atomic E-state index is 13.5. The van der Waals surface area contributed by atoms with Crippen LogP contribution >= 0.6 is 0 Å². The van der Waals surface area contributed by atoms with E-state index in [4.69, 9.17) is 0 Å². The third-order valence-electron chi connectivity index (χ3n) is 3.32. The second-order valence-corrected chi connectivity index (χ2v) is 6.07. The Morgan fingerprint density at radius 2 is 2.11 bits per heavy atom. The van der Waals surface area contributed by atoms with Crippen molar-refractivity contribution >= 4 is 10.9 Å². The summed E-state index contributed by atoms with van der Waals surface area (Å²) in [4.78, 5) is 3.30. The number of aromatic nitrogens is 1. The van der Waals surface area contributed by atoms with E-state index in [2.05, 4.69) is 48.5 Å². The largest absolute Gasteiger partial charge is 0.361 e. The molecule has 0 radical (unpaired) electrons. The molecule has 0 saturated carbocycles. The van der Waals surface area contributed by atoms with E-state index in [1.165, 1.54) is 22.0 Å². The number of rotatable bonds is 5. The highest BCUT2D eigenvalue weighted by Gasteiger charge is 2.16. The maximum Gasteiger partial charge on any atom is 0.117 e. The summed E-state index contributed by atoms with van der Waals surface area (Å²) in [6, 6.07) is 6.70. The van der Waals surface area contributed by atoms with Crippen LogP contribution in [0, 0.1) is 6.92 Å². The third kappa shape index (κ3) is 3.80. The first kappa shape index (κ1) is 14.1. The molecule has 0 spiro atoms. The highest BCUT2D eigenvalue weighted by molar-refractivity contribution is 5.83. The van der Waals surface area contributed by atoms with Crippen molar-refractivity contribution in [2.75, 3.05) is 6.54 Å². The topological polar surface area (TPSA) is 27.8 Å². The number of nitrogens with one attached hydrogen (secondary N) is 2. The summed E-state index contributed by atoms with van der Waals surface area (Å²) in [5, 5.41) is 4.51. The van der Waals surface area contributed by atoms with Gasteiger partial charge in [-0.15, -0.1) is 0 Å². The van der Waals surface area contributed by atoms with Gasteiger partial charge in [0.1, 0.15) is 5.67 Å². The highest BCUT2D eigenvalue weighted by Crippen LogP contribution is 2.20. The molecule has 1 heterocycles. The standard InChI is InChI=1S/C16H23FN2/c1-11-5-6-14-13(9-18-15(14)7-11)8-12(2)19-10-16(3,4)17/h5-7,9,12,18-19H,8,10H2,1-4H3. The number of aryl methyl sites for hydroxylation is 1. The van der Waals surface area contributed by atoms with E-state index in [1.54, 1.807) is 13.8 Å². The lowest BCUT2D eigenvalue weighted by atomic mass is 10.0. The van der Waals surface area contributed by atoms with Crippen LogP contribution in [0.5, 0.6) is 0 Å². The van der Waals surface area contributed by atoms with Gasteiger partial charge in [0.15, 0.2) is 0 Å². The van der Waals surface area contributed by atoms with Crippen molar-refractivity contribution in [3.63, 3.8) is 0 Å². The van der Waals surface area contributed by atoms with Crippen LogP contribution in [0.15, 0.2) is 24.4 Å². The normalized spacial score (nSPS) is 13.9. The molecule has 104 valence electrons. The zero-order chi connectivity index (χ0) is 14.0. The van der Waals surface area contributed by atoms with Crippen molar-refractivity contribution in [1.29, 1.82) is 0 Å². The first-order valence-electron chi connectivity index (χ1n) is 6.84. The fraction of sp³-hybridized carbons (Fsp3) is 0.500. The number of halogens is 1. The second-order valence-electron chi connectivity index (χ2n) is 6.07. The van der Waals surface area contributed by atoms with Crippen LogP contribution in [0.2, 0.25) is 0 Å². The molecule has 2 rings (SSSR count). The number of alkyl halides is 1. The molecule has 2 nitrogen and oxygen atoms in total. The average molecular weight is 262 g/mol. The summed E-state index contributed by atoms with van der Waals surface area (Å²) >= 11 is 0. The van der Waals surface area contributed by atoms with Crippen LogP contribution in [0.3, 0.4) is 0 Å². The summed E-state index contributed by atoms with van der Waals surface area (Å²) in [5.41, 5.74) is 2.55. The van der Waals surface area contributed by atoms with E-state index in [1.807, 2.05) is 0 Å². The molecular weight excluding hydrogens is 239 g/mol. The molecule has 0 fully saturated rings. The number of aromatic amines is 1. The van der Waals surface area contributed by atoms with Gasteiger partial charge < -0.3 is 10.3 Å². The number of hydrogen-bond donors (Lipinski definition) is 2. The lowest BCUT2D eigenvalue weighted by Gasteiger charge is -2.19. The predicted molar refractivity (Wildman–Crippen MR) is 79.4 cm³/mol. The van der Waals surface area contributed by atoms with E-state index in [9.17, 15) is 4.39 Å². The van der Waals surface area contributed by atoms with Crippen molar-refractivity contribution in [2.45, 2.75) is 45.8 Å². The number of benzene rings is 1. The molecule has 0 bridgehead atoms. The van der Waals surface area contributed by atoms with Gasteiger partial charge in [0.25, 0.3) is 0 Å². The van der Waals surface area contributed by atoms with Crippen LogP contribution < -0.4 is 5.32 Å². The summed E-state index contributed by atoms with van der Waals surface area (Å²) in [5.74, 6) is 0. The Kier molecular flexibility index (Phi) is 3.95. The molecule has 0 aliphatic carbocycles. The van der Waals surface area contributed by atoms with E-state index < -0.39 is 5.67 Å². The smallest absolute Gasteiger partial charge is 0.117 e. The maximum atomic E-state index is 13.5. The van der Waals surface area contributed by atoms with Gasteiger partial charge in [-0.05, 0) is 51.3 Å². The summed E-state index contributed by atoms with van der Waals surface area (Å²) in [6.45, 7) is 7.77. The molecule has 0 saturated heterocycles. The van der Waals surface area contributed by atoms with Crippen molar-refractivity contribution in [3.05, 3.63) is 35.5 Å². The van der Waals surface area contributed by atoms with E-state index >= 15 is 0 Å². The molecule has 0 amide bonds. The molecule has 1 atom stereocenters. The van der Waals surface area contributed by atoms with Crippen molar-refractivity contribution < 1.29 is 4.39 Å². The molecule has 0 aliphatic heterocycles. The SMILES string of the molecule is Cc1ccc2c(CC(C)NCC(C)(C)F)c[nH]c2c1. The van der Waals surface area contributed by atoms with Gasteiger partial charge >= 0.3 is 0 Å². The fourth-order valence-corrected chi connectivity index (χ4v) is 2.29. The van der Waals surface area contributed by atoms with Crippen molar-refractivity contribution in [1.82, 2.24) is 10.3 Å². The predicted octanol–water partition coefficient (Wildman–Crippen LogP) is 3.75. The zero-order valence-corrected chi connectivity index (χ0v) is 12.2. The molecule has 1 unspecified atom stereocenters.